The minimum Gasteiger partial charge on any atom is -0.375 e. The minimum atomic E-state index is -0.168. The van der Waals surface area contributed by atoms with Crippen LogP contribution in [0.5, 0.6) is 0 Å². The van der Waals surface area contributed by atoms with Gasteiger partial charge in [-0.3, -0.25) is 0 Å². The first-order valence-corrected chi connectivity index (χ1v) is 5.51. The van der Waals surface area contributed by atoms with Gasteiger partial charge in [0.2, 0.25) is 0 Å². The summed E-state index contributed by atoms with van der Waals surface area (Å²) in [7, 11) is 3.72. The third kappa shape index (κ3) is 3.49. The fourth-order valence-corrected chi connectivity index (χ4v) is 1.56. The molecule has 0 aromatic heterocycles. The van der Waals surface area contributed by atoms with Crippen molar-refractivity contribution in [3.8, 4) is 0 Å². The summed E-state index contributed by atoms with van der Waals surface area (Å²) in [5.74, 6) is -0.168. The van der Waals surface area contributed by atoms with Crippen molar-refractivity contribution in [1.29, 1.82) is 0 Å². The van der Waals surface area contributed by atoms with E-state index < -0.39 is 0 Å². The van der Waals surface area contributed by atoms with Crippen molar-refractivity contribution in [2.45, 2.75) is 32.9 Å². The largest absolute Gasteiger partial charge is 0.375 e. The van der Waals surface area contributed by atoms with Gasteiger partial charge in [0.1, 0.15) is 5.82 Å². The van der Waals surface area contributed by atoms with Gasteiger partial charge in [0.25, 0.3) is 0 Å². The molecule has 0 aliphatic carbocycles. The summed E-state index contributed by atoms with van der Waals surface area (Å²) in [6.07, 6.45) is 0. The Morgan fingerprint density at radius 1 is 1.25 bits per heavy atom. The van der Waals surface area contributed by atoms with Crippen molar-refractivity contribution >= 4 is 5.69 Å². The highest BCUT2D eigenvalue weighted by atomic mass is 19.1. The number of anilines is 1. The fraction of sp³-hybridized carbons (Fsp3) is 0.538. The maximum absolute atomic E-state index is 13.7. The van der Waals surface area contributed by atoms with Crippen molar-refractivity contribution in [2.75, 3.05) is 19.0 Å². The second kappa shape index (κ2) is 4.83. The molecule has 0 bridgehead atoms. The third-order valence-corrected chi connectivity index (χ3v) is 2.33. The Balaban J connectivity index is 2.91. The third-order valence-electron chi connectivity index (χ3n) is 2.33. The summed E-state index contributed by atoms with van der Waals surface area (Å²) in [6.45, 7) is 6.97. The molecule has 0 saturated carbocycles. The first kappa shape index (κ1) is 13.0. The second-order valence-corrected chi connectivity index (χ2v) is 5.25. The van der Waals surface area contributed by atoms with Crippen LogP contribution in [0.2, 0.25) is 0 Å². The lowest BCUT2D eigenvalue weighted by Crippen LogP contribution is -2.35. The standard InChI is InChI=1S/C13H21FN2/c1-13(2,3)15-9-10-7-6-8-11(14)12(10)16(4)5/h6-8,15H,9H2,1-5H3. The molecular formula is C13H21FN2. The maximum atomic E-state index is 13.7. The van der Waals surface area contributed by atoms with E-state index in [0.717, 1.165) is 5.56 Å². The van der Waals surface area contributed by atoms with E-state index >= 15 is 0 Å². The van der Waals surface area contributed by atoms with Crippen molar-refractivity contribution in [3.63, 3.8) is 0 Å². The molecule has 0 amide bonds. The van der Waals surface area contributed by atoms with E-state index in [1.54, 1.807) is 6.07 Å². The van der Waals surface area contributed by atoms with Gasteiger partial charge in [0.05, 0.1) is 5.69 Å². The number of nitrogens with zero attached hydrogens (tertiary/aromatic N) is 1. The zero-order chi connectivity index (χ0) is 12.3. The number of nitrogens with one attached hydrogen (secondary N) is 1. The Bertz CT molecular complexity index is 353. The molecule has 2 nitrogen and oxygen atoms in total. The van der Waals surface area contributed by atoms with Gasteiger partial charge >= 0.3 is 0 Å². The average Bonchev–Trinajstić information content (AvgIpc) is 2.12. The summed E-state index contributed by atoms with van der Waals surface area (Å²) in [6, 6.07) is 5.20. The van der Waals surface area contributed by atoms with Crippen LogP contribution in [0.3, 0.4) is 0 Å². The first-order chi connectivity index (χ1) is 7.31. The molecule has 0 saturated heterocycles. The molecule has 3 heteroatoms. The van der Waals surface area contributed by atoms with Crippen molar-refractivity contribution in [3.05, 3.63) is 29.6 Å². The van der Waals surface area contributed by atoms with Gasteiger partial charge in [-0.15, -0.1) is 0 Å². The Morgan fingerprint density at radius 3 is 2.38 bits per heavy atom. The number of benzene rings is 1. The molecule has 0 aliphatic rings. The van der Waals surface area contributed by atoms with E-state index in [1.807, 2.05) is 25.1 Å². The SMILES string of the molecule is CN(C)c1c(F)cccc1CNC(C)(C)C. The van der Waals surface area contributed by atoms with Gasteiger partial charge in [-0.1, -0.05) is 12.1 Å². The van der Waals surface area contributed by atoms with Crippen LogP contribution in [-0.4, -0.2) is 19.6 Å². The van der Waals surface area contributed by atoms with Crippen LogP contribution in [0.15, 0.2) is 18.2 Å². The van der Waals surface area contributed by atoms with Gasteiger partial charge in [-0.2, -0.15) is 0 Å². The lowest BCUT2D eigenvalue weighted by molar-refractivity contribution is 0.424. The quantitative estimate of drug-likeness (QED) is 0.849. The van der Waals surface area contributed by atoms with Crippen LogP contribution in [0, 0.1) is 5.82 Å². The molecule has 90 valence electrons. The van der Waals surface area contributed by atoms with Crippen LogP contribution in [0.1, 0.15) is 26.3 Å². The Hall–Kier alpha value is -1.09. The molecule has 0 radical (unpaired) electrons. The smallest absolute Gasteiger partial charge is 0.146 e. The zero-order valence-electron chi connectivity index (χ0n) is 10.8. The monoisotopic (exact) mass is 224 g/mol. The van der Waals surface area contributed by atoms with Gasteiger partial charge in [-0.05, 0) is 32.4 Å². The molecule has 0 unspecified atom stereocenters. The highest BCUT2D eigenvalue weighted by Crippen LogP contribution is 2.22. The number of rotatable bonds is 3. The van der Waals surface area contributed by atoms with Crippen LogP contribution in [0.4, 0.5) is 10.1 Å². The molecule has 1 aromatic carbocycles. The fourth-order valence-electron chi connectivity index (χ4n) is 1.56. The highest BCUT2D eigenvalue weighted by Gasteiger charge is 2.13. The molecule has 0 spiro atoms. The van der Waals surface area contributed by atoms with E-state index in [9.17, 15) is 4.39 Å². The topological polar surface area (TPSA) is 15.3 Å². The van der Waals surface area contributed by atoms with Crippen LogP contribution < -0.4 is 10.2 Å². The molecule has 1 aromatic rings. The van der Waals surface area contributed by atoms with Crippen molar-refractivity contribution in [1.82, 2.24) is 5.32 Å². The van der Waals surface area contributed by atoms with Gasteiger partial charge in [0, 0.05) is 26.2 Å². The van der Waals surface area contributed by atoms with E-state index in [1.165, 1.54) is 6.07 Å². The van der Waals surface area contributed by atoms with Crippen molar-refractivity contribution < 1.29 is 4.39 Å². The molecule has 0 fully saturated rings. The number of para-hydroxylation sites is 1. The lowest BCUT2D eigenvalue weighted by atomic mass is 10.1. The van der Waals surface area contributed by atoms with Crippen LogP contribution in [0.25, 0.3) is 0 Å². The van der Waals surface area contributed by atoms with Gasteiger partial charge in [0.15, 0.2) is 0 Å². The molecule has 0 atom stereocenters. The number of hydrogen-bond acceptors (Lipinski definition) is 2. The van der Waals surface area contributed by atoms with Gasteiger partial charge in [-0.25, -0.2) is 4.39 Å². The van der Waals surface area contributed by atoms with Crippen molar-refractivity contribution in [2.24, 2.45) is 0 Å². The Labute approximate surface area is 97.5 Å². The van der Waals surface area contributed by atoms with Crippen LogP contribution >= 0.6 is 0 Å². The van der Waals surface area contributed by atoms with Gasteiger partial charge < -0.3 is 10.2 Å². The van der Waals surface area contributed by atoms with Crippen LogP contribution in [-0.2, 0) is 6.54 Å². The Kier molecular flexibility index (Phi) is 3.92. The van der Waals surface area contributed by atoms with E-state index in [4.69, 9.17) is 0 Å². The number of halogens is 1. The minimum absolute atomic E-state index is 0.0376. The second-order valence-electron chi connectivity index (χ2n) is 5.25. The predicted octanol–water partition coefficient (Wildman–Crippen LogP) is 2.78. The maximum Gasteiger partial charge on any atom is 0.146 e. The van der Waals surface area contributed by atoms with E-state index in [2.05, 4.69) is 26.1 Å². The zero-order valence-corrected chi connectivity index (χ0v) is 10.8. The van der Waals surface area contributed by atoms with E-state index in [-0.39, 0.29) is 11.4 Å². The molecular weight excluding hydrogens is 203 g/mol. The van der Waals surface area contributed by atoms with E-state index in [0.29, 0.717) is 12.2 Å². The predicted molar refractivity (Wildman–Crippen MR) is 67.3 cm³/mol. The summed E-state index contributed by atoms with van der Waals surface area (Å²) in [4.78, 5) is 1.81. The summed E-state index contributed by atoms with van der Waals surface area (Å²) >= 11 is 0. The molecule has 0 aliphatic heterocycles. The Morgan fingerprint density at radius 2 is 1.88 bits per heavy atom. The summed E-state index contributed by atoms with van der Waals surface area (Å²) in [5.41, 5.74) is 1.69. The molecule has 16 heavy (non-hydrogen) atoms. The summed E-state index contributed by atoms with van der Waals surface area (Å²) in [5, 5.41) is 3.37. The normalized spacial score (nSPS) is 11.6. The average molecular weight is 224 g/mol. The molecule has 1 N–H and O–H groups in total. The lowest BCUT2D eigenvalue weighted by Gasteiger charge is -2.24. The first-order valence-electron chi connectivity index (χ1n) is 5.51. The number of hydrogen-bond donors (Lipinski definition) is 1. The molecule has 0 heterocycles. The summed E-state index contributed by atoms with van der Waals surface area (Å²) < 4.78 is 13.7. The highest BCUT2D eigenvalue weighted by molar-refractivity contribution is 5.53. The molecule has 1 rings (SSSR count).